The monoisotopic (exact) mass is 247 g/mol. The fraction of sp³-hybridized carbons (Fsp3) is 0.308. The molecule has 1 aliphatic rings. The number of rotatable bonds is 4. The maximum absolute atomic E-state index is 11.8. The molecule has 1 aromatic rings. The van der Waals surface area contributed by atoms with Gasteiger partial charge in [0.1, 0.15) is 0 Å². The summed E-state index contributed by atoms with van der Waals surface area (Å²) in [7, 11) is 0. The number of nitrogens with zero attached hydrogens (tertiary/aromatic N) is 1. The van der Waals surface area contributed by atoms with Crippen molar-refractivity contribution in [2.24, 2.45) is 4.99 Å². The Morgan fingerprint density at radius 2 is 2.18 bits per heavy atom. The van der Waals surface area contributed by atoms with E-state index in [1.54, 1.807) is 18.2 Å². The number of ketones is 1. The van der Waals surface area contributed by atoms with Gasteiger partial charge in [0, 0.05) is 17.2 Å². The Kier molecular flexibility index (Phi) is 3.43. The molecular formula is C13H13NO2S. The highest BCUT2D eigenvalue weighted by molar-refractivity contribution is 8.08. The number of amides is 1. The molecular weight excluding hydrogens is 234 g/mol. The highest BCUT2D eigenvalue weighted by Crippen LogP contribution is 2.14. The fourth-order valence-electron chi connectivity index (χ4n) is 1.83. The van der Waals surface area contributed by atoms with Crippen molar-refractivity contribution in [2.45, 2.75) is 19.8 Å². The van der Waals surface area contributed by atoms with E-state index in [1.165, 1.54) is 11.8 Å². The Bertz CT molecular complexity index is 604. The minimum Gasteiger partial charge on any atom is -0.294 e. The number of hydrogen-bond donors (Lipinski definition) is 0. The van der Waals surface area contributed by atoms with Crippen LogP contribution in [0, 0.1) is 0 Å². The molecule has 0 aliphatic carbocycles. The number of carbonyl (C=O) groups excluding carboxylic acids is 2. The summed E-state index contributed by atoms with van der Waals surface area (Å²) in [6, 6.07) is 5.28. The molecule has 1 aliphatic heterocycles. The van der Waals surface area contributed by atoms with E-state index in [4.69, 9.17) is 0 Å². The van der Waals surface area contributed by atoms with Gasteiger partial charge in [-0.1, -0.05) is 6.92 Å². The summed E-state index contributed by atoms with van der Waals surface area (Å²) in [4.78, 5) is 27.9. The third-order valence-corrected chi connectivity index (χ3v) is 3.46. The van der Waals surface area contributed by atoms with E-state index < -0.39 is 0 Å². The molecule has 4 heteroatoms. The van der Waals surface area contributed by atoms with Crippen LogP contribution < -0.4 is 10.6 Å². The predicted octanol–water partition coefficient (Wildman–Crippen LogP) is 1.30. The molecule has 0 fully saturated rings. The van der Waals surface area contributed by atoms with Crippen molar-refractivity contribution in [3.05, 3.63) is 34.3 Å². The van der Waals surface area contributed by atoms with E-state index in [9.17, 15) is 9.59 Å². The van der Waals surface area contributed by atoms with Gasteiger partial charge < -0.3 is 0 Å². The molecule has 0 saturated heterocycles. The highest BCUT2D eigenvalue weighted by atomic mass is 32.2. The van der Waals surface area contributed by atoms with Gasteiger partial charge >= 0.3 is 0 Å². The summed E-state index contributed by atoms with van der Waals surface area (Å²) in [5, 5.41) is 1.47. The minimum absolute atomic E-state index is 0.120. The molecule has 88 valence electrons. The lowest BCUT2D eigenvalue weighted by Gasteiger charge is -1.98. The van der Waals surface area contributed by atoms with Crippen molar-refractivity contribution in [2.75, 3.05) is 6.26 Å². The Balaban J connectivity index is 2.56. The lowest BCUT2D eigenvalue weighted by Crippen LogP contribution is -2.24. The second-order valence-corrected chi connectivity index (χ2v) is 4.67. The Morgan fingerprint density at radius 3 is 2.82 bits per heavy atom. The van der Waals surface area contributed by atoms with Crippen LogP contribution in [0.5, 0.6) is 0 Å². The molecule has 17 heavy (non-hydrogen) atoms. The number of hydrogen-bond acceptors (Lipinski definition) is 3. The second-order valence-electron chi connectivity index (χ2n) is 3.86. The Morgan fingerprint density at radius 1 is 1.41 bits per heavy atom. The first-order valence-corrected chi connectivity index (χ1v) is 6.74. The molecule has 0 bridgehead atoms. The summed E-state index contributed by atoms with van der Waals surface area (Å²) in [6.07, 6.45) is 3.22. The largest absolute Gasteiger partial charge is 0.294 e. The smallest absolute Gasteiger partial charge is 0.284 e. The maximum Gasteiger partial charge on any atom is 0.284 e. The molecule has 0 unspecified atom stereocenters. The zero-order valence-corrected chi connectivity index (χ0v) is 10.6. The third kappa shape index (κ3) is 2.17. The van der Waals surface area contributed by atoms with Gasteiger partial charge in [-0.15, -0.1) is 11.8 Å². The van der Waals surface area contributed by atoms with Crippen LogP contribution in [0.4, 0.5) is 0 Å². The van der Waals surface area contributed by atoms with E-state index in [0.29, 0.717) is 22.2 Å². The van der Waals surface area contributed by atoms with Crippen molar-refractivity contribution in [1.82, 2.24) is 0 Å². The topological polar surface area (TPSA) is 46.5 Å². The van der Waals surface area contributed by atoms with Crippen LogP contribution in [0.25, 0.3) is 4.91 Å². The molecule has 0 radical (unpaired) electrons. The molecule has 0 spiro atoms. The summed E-state index contributed by atoms with van der Waals surface area (Å²) >= 11 is 1.38. The van der Waals surface area contributed by atoms with Gasteiger partial charge in [0.25, 0.3) is 5.91 Å². The lowest BCUT2D eigenvalue weighted by molar-refractivity contribution is -0.112. The van der Waals surface area contributed by atoms with E-state index in [0.717, 1.165) is 11.6 Å². The average Bonchev–Trinajstić information content (AvgIpc) is 2.63. The molecule has 3 nitrogen and oxygen atoms in total. The normalized spacial score (nSPS) is 13.5. The quantitative estimate of drug-likeness (QED) is 0.753. The van der Waals surface area contributed by atoms with Crippen LogP contribution in [0.2, 0.25) is 0 Å². The molecule has 1 amide bonds. The zero-order valence-electron chi connectivity index (χ0n) is 9.82. The van der Waals surface area contributed by atoms with Gasteiger partial charge in [-0.2, -0.15) is 0 Å². The first-order valence-electron chi connectivity index (χ1n) is 5.52. The third-order valence-electron chi connectivity index (χ3n) is 2.66. The Hall–Kier alpha value is -1.42. The molecule has 0 atom stereocenters. The lowest BCUT2D eigenvalue weighted by atomic mass is 10.1. The van der Waals surface area contributed by atoms with Crippen molar-refractivity contribution >= 4 is 28.4 Å². The first kappa shape index (κ1) is 12.0. The standard InChI is InChI=1S/C13H13NO2S/c1-3-4-11(15)8-5-6-10-9(7-8)12(17-2)13(16)14-10/h5-7H,3-4H2,1-2H3. The van der Waals surface area contributed by atoms with E-state index in [-0.39, 0.29) is 11.7 Å². The fourth-order valence-corrected chi connectivity index (χ4v) is 2.44. The van der Waals surface area contributed by atoms with Crippen molar-refractivity contribution in [3.8, 4) is 0 Å². The molecule has 1 aromatic carbocycles. The van der Waals surface area contributed by atoms with Gasteiger partial charge in [0.05, 0.1) is 10.3 Å². The summed E-state index contributed by atoms with van der Waals surface area (Å²) in [6.45, 7) is 1.98. The van der Waals surface area contributed by atoms with Crippen LogP contribution in [0.15, 0.2) is 23.2 Å². The van der Waals surface area contributed by atoms with Crippen molar-refractivity contribution in [3.63, 3.8) is 0 Å². The number of carbonyl (C=O) groups is 2. The first-order chi connectivity index (χ1) is 8.17. The molecule has 2 rings (SSSR count). The molecule has 0 N–H and O–H groups in total. The average molecular weight is 247 g/mol. The van der Waals surface area contributed by atoms with Gasteiger partial charge in [0.15, 0.2) is 5.78 Å². The van der Waals surface area contributed by atoms with Crippen molar-refractivity contribution in [1.29, 1.82) is 0 Å². The van der Waals surface area contributed by atoms with Crippen LogP contribution in [0.3, 0.4) is 0 Å². The summed E-state index contributed by atoms with van der Waals surface area (Å²) in [5.41, 5.74) is 0.669. The van der Waals surface area contributed by atoms with E-state index >= 15 is 0 Å². The zero-order chi connectivity index (χ0) is 12.4. The van der Waals surface area contributed by atoms with Gasteiger partial charge in [-0.25, -0.2) is 4.99 Å². The number of benzene rings is 1. The van der Waals surface area contributed by atoms with Crippen molar-refractivity contribution < 1.29 is 9.59 Å². The van der Waals surface area contributed by atoms with Gasteiger partial charge in [-0.3, -0.25) is 9.59 Å². The number of thioether (sulfide) groups is 1. The molecule has 0 saturated carbocycles. The summed E-state index contributed by atoms with van der Waals surface area (Å²) in [5.74, 6) is -0.0808. The van der Waals surface area contributed by atoms with E-state index in [2.05, 4.69) is 4.99 Å². The minimum atomic E-state index is -0.201. The molecule has 0 aromatic heterocycles. The molecule has 1 heterocycles. The van der Waals surface area contributed by atoms with Crippen LogP contribution >= 0.6 is 11.8 Å². The SMILES string of the molecule is CCCC(=O)c1ccc2c(c1)=C(SC)C(=O)N=2. The highest BCUT2D eigenvalue weighted by Gasteiger charge is 2.16. The maximum atomic E-state index is 11.8. The van der Waals surface area contributed by atoms with Crippen LogP contribution in [0.1, 0.15) is 30.1 Å². The Labute approximate surface area is 104 Å². The second kappa shape index (κ2) is 4.84. The summed E-state index contributed by atoms with van der Waals surface area (Å²) < 4.78 is 0. The van der Waals surface area contributed by atoms with Gasteiger partial charge in [-0.05, 0) is 30.9 Å². The van der Waals surface area contributed by atoms with Crippen LogP contribution in [-0.4, -0.2) is 17.9 Å². The number of Topliss-reactive ketones (excluding diaryl/α,β-unsaturated/α-hetero) is 1. The number of fused-ring (bicyclic) bond motifs is 1. The predicted molar refractivity (Wildman–Crippen MR) is 68.4 cm³/mol. The van der Waals surface area contributed by atoms with Crippen LogP contribution in [-0.2, 0) is 4.79 Å². The van der Waals surface area contributed by atoms with E-state index in [1.807, 2.05) is 13.2 Å². The van der Waals surface area contributed by atoms with Gasteiger partial charge in [0.2, 0.25) is 0 Å².